The summed E-state index contributed by atoms with van der Waals surface area (Å²) in [4.78, 5) is 6.60. The van der Waals surface area contributed by atoms with Crippen molar-refractivity contribution in [2.45, 2.75) is 30.8 Å². The molecule has 0 unspecified atom stereocenters. The van der Waals surface area contributed by atoms with Crippen LogP contribution in [-0.4, -0.2) is 30.5 Å². The number of hydrogen-bond acceptors (Lipinski definition) is 6. The molecule has 2 N–H and O–H groups in total. The summed E-state index contributed by atoms with van der Waals surface area (Å²) in [5, 5.41) is 9.18. The van der Waals surface area contributed by atoms with Crippen molar-refractivity contribution < 1.29 is 12.9 Å². The smallest absolute Gasteiger partial charge is 0.240 e. The average Bonchev–Trinajstić information content (AvgIpc) is 3.08. The fourth-order valence-corrected chi connectivity index (χ4v) is 3.26. The fraction of sp³-hybridized carbons (Fsp3) is 0.263. The molecule has 27 heavy (non-hydrogen) atoms. The monoisotopic (exact) mass is 386 g/mol. The van der Waals surface area contributed by atoms with Gasteiger partial charge >= 0.3 is 0 Å². The number of aromatic nitrogens is 2. The molecule has 0 spiro atoms. The Kier molecular flexibility index (Phi) is 5.69. The Morgan fingerprint density at radius 2 is 1.78 bits per heavy atom. The second-order valence-electron chi connectivity index (χ2n) is 6.47. The van der Waals surface area contributed by atoms with Gasteiger partial charge in [-0.2, -0.15) is 4.98 Å². The molecule has 0 saturated carbocycles. The quantitative estimate of drug-likeness (QED) is 0.669. The number of hydrogen-bond donors (Lipinski definition) is 1. The summed E-state index contributed by atoms with van der Waals surface area (Å²) in [7, 11) is -1.74. The summed E-state index contributed by atoms with van der Waals surface area (Å²) in [5.41, 5.74) is 2.09. The maximum Gasteiger partial charge on any atom is 0.240 e. The third-order valence-electron chi connectivity index (χ3n) is 4.45. The van der Waals surface area contributed by atoms with Crippen LogP contribution in [0, 0.1) is 0 Å². The molecule has 0 aliphatic rings. The number of nitrogens with two attached hydrogens (primary N) is 1. The first-order valence-corrected chi connectivity index (χ1v) is 10.1. The summed E-state index contributed by atoms with van der Waals surface area (Å²) < 4.78 is 28.1. The van der Waals surface area contributed by atoms with Crippen molar-refractivity contribution in [3.8, 4) is 0 Å². The van der Waals surface area contributed by atoms with E-state index in [1.54, 1.807) is 12.1 Å². The molecular weight excluding hydrogens is 364 g/mol. The average molecular weight is 386 g/mol. The van der Waals surface area contributed by atoms with Gasteiger partial charge in [-0.1, -0.05) is 47.6 Å². The molecule has 2 aromatic carbocycles. The third-order valence-corrected chi connectivity index (χ3v) is 5.38. The van der Waals surface area contributed by atoms with E-state index >= 15 is 0 Å². The lowest BCUT2D eigenvalue weighted by Crippen LogP contribution is -2.22. The Labute approximate surface area is 158 Å². The van der Waals surface area contributed by atoms with E-state index in [9.17, 15) is 8.42 Å². The van der Waals surface area contributed by atoms with Crippen LogP contribution >= 0.6 is 0 Å². The minimum atomic E-state index is -3.68. The van der Waals surface area contributed by atoms with Crippen molar-refractivity contribution >= 4 is 10.0 Å². The van der Waals surface area contributed by atoms with Crippen molar-refractivity contribution in [3.63, 3.8) is 0 Å². The molecule has 1 heterocycles. The van der Waals surface area contributed by atoms with Gasteiger partial charge in [0, 0.05) is 12.5 Å². The van der Waals surface area contributed by atoms with E-state index in [2.05, 4.69) is 10.1 Å². The molecule has 0 saturated heterocycles. The zero-order valence-corrected chi connectivity index (χ0v) is 16.1. The Balaban J connectivity index is 1.64. The number of primary sulfonamides is 1. The van der Waals surface area contributed by atoms with Crippen molar-refractivity contribution in [1.29, 1.82) is 0 Å². The lowest BCUT2D eigenvalue weighted by molar-refractivity contribution is 0.216. The third kappa shape index (κ3) is 5.00. The molecule has 0 fully saturated rings. The second kappa shape index (κ2) is 7.99. The first-order chi connectivity index (χ1) is 12.8. The van der Waals surface area contributed by atoms with E-state index < -0.39 is 10.0 Å². The van der Waals surface area contributed by atoms with Crippen LogP contribution in [0.3, 0.4) is 0 Å². The summed E-state index contributed by atoms with van der Waals surface area (Å²) in [6.07, 6.45) is 0.624. The zero-order chi connectivity index (χ0) is 19.4. The lowest BCUT2D eigenvalue weighted by Gasteiger charge is -2.23. The summed E-state index contributed by atoms with van der Waals surface area (Å²) in [5.74, 6) is 1.19. The number of benzene rings is 2. The highest BCUT2D eigenvalue weighted by molar-refractivity contribution is 7.89. The molecule has 8 heteroatoms. The van der Waals surface area contributed by atoms with E-state index in [0.717, 1.165) is 11.1 Å². The predicted molar refractivity (Wildman–Crippen MR) is 101 cm³/mol. The highest BCUT2D eigenvalue weighted by Gasteiger charge is 2.17. The van der Waals surface area contributed by atoms with Gasteiger partial charge in [0.05, 0.1) is 11.4 Å². The number of sulfonamides is 1. The normalized spacial score (nSPS) is 13.0. The van der Waals surface area contributed by atoms with Gasteiger partial charge in [-0.3, -0.25) is 4.90 Å². The van der Waals surface area contributed by atoms with Crippen molar-refractivity contribution in [2.24, 2.45) is 5.14 Å². The van der Waals surface area contributed by atoms with Crippen molar-refractivity contribution in [3.05, 3.63) is 77.4 Å². The summed E-state index contributed by atoms with van der Waals surface area (Å²) in [6.45, 7) is 2.51. The molecule has 142 valence electrons. The molecule has 0 amide bonds. The minimum Gasteiger partial charge on any atom is -0.338 e. The summed E-state index contributed by atoms with van der Waals surface area (Å²) in [6, 6.07) is 16.6. The van der Waals surface area contributed by atoms with Crippen LogP contribution in [0.15, 0.2) is 64.0 Å². The van der Waals surface area contributed by atoms with Gasteiger partial charge in [-0.25, -0.2) is 13.6 Å². The van der Waals surface area contributed by atoms with E-state index in [0.29, 0.717) is 24.7 Å². The fourth-order valence-electron chi connectivity index (χ4n) is 2.75. The molecule has 0 aliphatic carbocycles. The van der Waals surface area contributed by atoms with Gasteiger partial charge in [0.15, 0.2) is 5.82 Å². The second-order valence-corrected chi connectivity index (χ2v) is 8.03. The topological polar surface area (TPSA) is 102 Å². The molecule has 0 radical (unpaired) electrons. The lowest BCUT2D eigenvalue weighted by atomic mass is 10.1. The molecule has 3 rings (SSSR count). The van der Waals surface area contributed by atoms with Crippen LogP contribution < -0.4 is 5.14 Å². The van der Waals surface area contributed by atoms with Gasteiger partial charge in [-0.15, -0.1) is 0 Å². The van der Waals surface area contributed by atoms with Crippen LogP contribution in [0.4, 0.5) is 0 Å². The van der Waals surface area contributed by atoms with Crippen molar-refractivity contribution in [2.75, 3.05) is 7.05 Å². The van der Waals surface area contributed by atoms with E-state index in [4.69, 9.17) is 9.66 Å². The highest BCUT2D eigenvalue weighted by Crippen LogP contribution is 2.22. The largest absolute Gasteiger partial charge is 0.338 e. The van der Waals surface area contributed by atoms with Crippen LogP contribution in [-0.2, 0) is 23.0 Å². The molecule has 3 aromatic rings. The van der Waals surface area contributed by atoms with Gasteiger partial charge in [0.2, 0.25) is 15.9 Å². The predicted octanol–water partition coefficient (Wildman–Crippen LogP) is 2.50. The van der Waals surface area contributed by atoms with Gasteiger partial charge in [0.25, 0.3) is 0 Å². The Hall–Kier alpha value is -2.55. The number of rotatable bonds is 7. The summed E-state index contributed by atoms with van der Waals surface area (Å²) >= 11 is 0. The number of nitrogens with zero attached hydrogens (tertiary/aromatic N) is 3. The standard InChI is InChI=1S/C19H22N4O3S/c1-14(16-8-10-17(11-9-16)27(20,24)25)23(2)13-19-21-18(22-26-19)12-15-6-4-3-5-7-15/h3-11,14H,12-13H2,1-2H3,(H2,20,24,25)/t14-/m0/s1. The molecule has 7 nitrogen and oxygen atoms in total. The van der Waals surface area contributed by atoms with Crippen LogP contribution in [0.25, 0.3) is 0 Å². The van der Waals surface area contributed by atoms with Gasteiger partial charge in [0.1, 0.15) is 0 Å². The van der Waals surface area contributed by atoms with Crippen LogP contribution in [0.2, 0.25) is 0 Å². The van der Waals surface area contributed by atoms with Crippen molar-refractivity contribution in [1.82, 2.24) is 15.0 Å². The first kappa shape index (κ1) is 19.2. The Bertz CT molecular complexity index is 985. The zero-order valence-electron chi connectivity index (χ0n) is 15.2. The maximum absolute atomic E-state index is 11.4. The molecule has 0 aliphatic heterocycles. The maximum atomic E-state index is 11.4. The molecular formula is C19H22N4O3S. The van der Waals surface area contributed by atoms with Crippen LogP contribution in [0.1, 0.15) is 35.8 Å². The van der Waals surface area contributed by atoms with Gasteiger partial charge in [-0.05, 0) is 37.2 Å². The Morgan fingerprint density at radius 1 is 1.11 bits per heavy atom. The van der Waals surface area contributed by atoms with Crippen LogP contribution in [0.5, 0.6) is 0 Å². The molecule has 0 bridgehead atoms. The highest BCUT2D eigenvalue weighted by atomic mass is 32.2. The van der Waals surface area contributed by atoms with Gasteiger partial charge < -0.3 is 4.52 Å². The van der Waals surface area contributed by atoms with E-state index in [-0.39, 0.29) is 10.9 Å². The molecule has 1 aromatic heterocycles. The SMILES string of the molecule is C[C@@H](c1ccc(S(N)(=O)=O)cc1)N(C)Cc1nc(Cc2ccccc2)no1. The first-order valence-electron chi connectivity index (χ1n) is 8.51. The van der Waals surface area contributed by atoms with E-state index in [1.807, 2.05) is 49.2 Å². The minimum absolute atomic E-state index is 0.0315. The molecule has 1 atom stereocenters. The Morgan fingerprint density at radius 3 is 2.41 bits per heavy atom. The van der Waals surface area contributed by atoms with E-state index in [1.165, 1.54) is 12.1 Å².